The molecule has 22 heavy (non-hydrogen) atoms. The van der Waals surface area contributed by atoms with Crippen molar-refractivity contribution in [2.75, 3.05) is 6.61 Å². The van der Waals surface area contributed by atoms with E-state index in [1.54, 1.807) is 0 Å². The first-order valence-corrected chi connectivity index (χ1v) is 8.00. The molecule has 1 unspecified atom stereocenters. The Morgan fingerprint density at radius 2 is 1.86 bits per heavy atom. The highest BCUT2D eigenvalue weighted by Crippen LogP contribution is 2.19. The number of hydrogen-bond donors (Lipinski definition) is 1. The summed E-state index contributed by atoms with van der Waals surface area (Å²) in [7, 11) is 0. The monoisotopic (exact) mass is 361 g/mol. The van der Waals surface area contributed by atoms with Crippen LogP contribution in [-0.4, -0.2) is 12.5 Å². The van der Waals surface area contributed by atoms with Gasteiger partial charge in [0.25, 0.3) is 5.91 Å². The summed E-state index contributed by atoms with van der Waals surface area (Å²) in [5.41, 5.74) is 3.20. The van der Waals surface area contributed by atoms with Crippen LogP contribution in [0, 0.1) is 13.8 Å². The first kappa shape index (κ1) is 16.6. The van der Waals surface area contributed by atoms with Gasteiger partial charge in [-0.2, -0.15) is 0 Å². The van der Waals surface area contributed by atoms with Crippen LogP contribution in [-0.2, 0) is 4.79 Å². The molecule has 0 fully saturated rings. The lowest BCUT2D eigenvalue weighted by atomic mass is 10.1. The molecule has 2 aromatic carbocycles. The van der Waals surface area contributed by atoms with Gasteiger partial charge in [-0.3, -0.25) is 4.79 Å². The highest BCUT2D eigenvalue weighted by molar-refractivity contribution is 9.10. The number of ether oxygens (including phenoxy) is 1. The molecule has 4 heteroatoms. The number of carbonyl (C=O) groups excluding carboxylic acids is 1. The average molecular weight is 362 g/mol. The summed E-state index contributed by atoms with van der Waals surface area (Å²) in [4.78, 5) is 12.0. The third kappa shape index (κ3) is 4.60. The van der Waals surface area contributed by atoms with Crippen LogP contribution in [0.3, 0.4) is 0 Å². The Bertz CT molecular complexity index is 653. The van der Waals surface area contributed by atoms with Crippen molar-refractivity contribution < 1.29 is 9.53 Å². The Kier molecular flexibility index (Phi) is 5.61. The van der Waals surface area contributed by atoms with Crippen LogP contribution < -0.4 is 10.1 Å². The number of nitrogens with one attached hydrogen (secondary N) is 1. The first-order valence-electron chi connectivity index (χ1n) is 7.20. The second-order valence-corrected chi connectivity index (χ2v) is 6.31. The van der Waals surface area contributed by atoms with Gasteiger partial charge in [-0.15, -0.1) is 0 Å². The van der Waals surface area contributed by atoms with Gasteiger partial charge in [-0.1, -0.05) is 40.2 Å². The number of halogens is 1. The molecular formula is C18H20BrNO2. The lowest BCUT2D eigenvalue weighted by Crippen LogP contribution is -2.31. The molecule has 0 aliphatic heterocycles. The molecule has 2 rings (SSSR count). The van der Waals surface area contributed by atoms with E-state index in [1.807, 2.05) is 63.2 Å². The molecule has 0 radical (unpaired) electrons. The molecule has 0 saturated heterocycles. The predicted molar refractivity (Wildman–Crippen MR) is 92.1 cm³/mol. The minimum atomic E-state index is -0.128. The minimum absolute atomic E-state index is 0.0190. The van der Waals surface area contributed by atoms with Crippen molar-refractivity contribution in [3.05, 3.63) is 63.6 Å². The van der Waals surface area contributed by atoms with Crippen molar-refractivity contribution in [3.8, 4) is 5.75 Å². The Morgan fingerprint density at radius 3 is 2.55 bits per heavy atom. The number of rotatable bonds is 5. The second-order valence-electron chi connectivity index (χ2n) is 5.40. The van der Waals surface area contributed by atoms with E-state index in [-0.39, 0.29) is 18.6 Å². The van der Waals surface area contributed by atoms with Gasteiger partial charge in [0.1, 0.15) is 5.75 Å². The summed E-state index contributed by atoms with van der Waals surface area (Å²) < 4.78 is 6.64. The van der Waals surface area contributed by atoms with Crippen molar-refractivity contribution in [3.63, 3.8) is 0 Å². The van der Waals surface area contributed by atoms with Crippen LogP contribution in [0.1, 0.15) is 29.7 Å². The van der Waals surface area contributed by atoms with E-state index in [0.29, 0.717) is 0 Å². The summed E-state index contributed by atoms with van der Waals surface area (Å²) in [6.45, 7) is 5.95. The van der Waals surface area contributed by atoms with Crippen molar-refractivity contribution in [1.29, 1.82) is 0 Å². The van der Waals surface area contributed by atoms with Gasteiger partial charge in [0.05, 0.1) is 6.04 Å². The van der Waals surface area contributed by atoms with Gasteiger partial charge in [-0.25, -0.2) is 0 Å². The Morgan fingerprint density at radius 1 is 1.18 bits per heavy atom. The van der Waals surface area contributed by atoms with Gasteiger partial charge in [0.2, 0.25) is 0 Å². The maximum absolute atomic E-state index is 12.0. The maximum Gasteiger partial charge on any atom is 0.258 e. The molecule has 0 aromatic heterocycles. The van der Waals surface area contributed by atoms with Crippen molar-refractivity contribution >= 4 is 21.8 Å². The van der Waals surface area contributed by atoms with Crippen LogP contribution in [0.4, 0.5) is 0 Å². The highest BCUT2D eigenvalue weighted by atomic mass is 79.9. The lowest BCUT2D eigenvalue weighted by Gasteiger charge is -2.15. The average Bonchev–Trinajstić information content (AvgIpc) is 2.49. The molecule has 2 aromatic rings. The molecule has 0 aliphatic carbocycles. The van der Waals surface area contributed by atoms with E-state index < -0.39 is 0 Å². The van der Waals surface area contributed by atoms with Crippen molar-refractivity contribution in [1.82, 2.24) is 5.32 Å². The molecule has 1 amide bonds. The summed E-state index contributed by atoms with van der Waals surface area (Å²) in [5, 5.41) is 2.94. The van der Waals surface area contributed by atoms with E-state index in [2.05, 4.69) is 21.2 Å². The summed E-state index contributed by atoms with van der Waals surface area (Å²) >= 11 is 3.40. The van der Waals surface area contributed by atoms with Gasteiger partial charge >= 0.3 is 0 Å². The molecule has 0 aliphatic rings. The topological polar surface area (TPSA) is 38.3 Å². The standard InChI is InChI=1S/C18H20BrNO2/c1-12-4-5-13(2)17(10-12)22-11-18(21)20-14(3)15-6-8-16(19)9-7-15/h4-10,14H,11H2,1-3H3,(H,20,21). The van der Waals surface area contributed by atoms with Crippen LogP contribution in [0.5, 0.6) is 5.75 Å². The molecule has 1 atom stereocenters. The normalized spacial score (nSPS) is 11.8. The summed E-state index contributed by atoms with van der Waals surface area (Å²) in [6, 6.07) is 13.8. The van der Waals surface area contributed by atoms with Crippen LogP contribution >= 0.6 is 15.9 Å². The number of amides is 1. The molecule has 3 nitrogen and oxygen atoms in total. The van der Waals surface area contributed by atoms with Crippen LogP contribution in [0.25, 0.3) is 0 Å². The molecule has 0 saturated carbocycles. The Labute approximate surface area is 139 Å². The van der Waals surface area contributed by atoms with E-state index in [0.717, 1.165) is 26.9 Å². The molecular weight excluding hydrogens is 342 g/mol. The van der Waals surface area contributed by atoms with Gasteiger partial charge in [0, 0.05) is 4.47 Å². The Balaban J connectivity index is 1.90. The largest absolute Gasteiger partial charge is 0.483 e. The van der Waals surface area contributed by atoms with E-state index in [9.17, 15) is 4.79 Å². The molecule has 0 heterocycles. The van der Waals surface area contributed by atoms with E-state index in [4.69, 9.17) is 4.74 Å². The van der Waals surface area contributed by atoms with Crippen molar-refractivity contribution in [2.24, 2.45) is 0 Å². The summed E-state index contributed by atoms with van der Waals surface area (Å²) in [6.07, 6.45) is 0. The quantitative estimate of drug-likeness (QED) is 0.860. The molecule has 1 N–H and O–H groups in total. The van der Waals surface area contributed by atoms with Gasteiger partial charge in [0.15, 0.2) is 6.61 Å². The zero-order valence-corrected chi connectivity index (χ0v) is 14.6. The SMILES string of the molecule is Cc1ccc(C)c(OCC(=O)NC(C)c2ccc(Br)cc2)c1. The zero-order chi connectivity index (χ0) is 16.1. The number of carbonyl (C=O) groups is 1. The predicted octanol–water partition coefficient (Wildman–Crippen LogP) is 4.32. The number of hydrogen-bond acceptors (Lipinski definition) is 2. The molecule has 0 bridgehead atoms. The van der Waals surface area contributed by atoms with Crippen LogP contribution in [0.15, 0.2) is 46.9 Å². The second kappa shape index (κ2) is 7.45. The van der Waals surface area contributed by atoms with E-state index in [1.165, 1.54) is 0 Å². The fourth-order valence-electron chi connectivity index (χ4n) is 2.12. The fourth-order valence-corrected chi connectivity index (χ4v) is 2.39. The third-order valence-corrected chi connectivity index (χ3v) is 3.98. The number of aryl methyl sites for hydroxylation is 2. The van der Waals surface area contributed by atoms with E-state index >= 15 is 0 Å². The minimum Gasteiger partial charge on any atom is -0.483 e. The van der Waals surface area contributed by atoms with Gasteiger partial charge < -0.3 is 10.1 Å². The molecule has 116 valence electrons. The fraction of sp³-hybridized carbons (Fsp3) is 0.278. The smallest absolute Gasteiger partial charge is 0.258 e. The maximum atomic E-state index is 12.0. The Hall–Kier alpha value is -1.81. The first-order chi connectivity index (χ1) is 10.5. The number of benzene rings is 2. The van der Waals surface area contributed by atoms with Gasteiger partial charge in [-0.05, 0) is 55.7 Å². The van der Waals surface area contributed by atoms with Crippen LogP contribution in [0.2, 0.25) is 0 Å². The lowest BCUT2D eigenvalue weighted by molar-refractivity contribution is -0.123. The van der Waals surface area contributed by atoms with Crippen molar-refractivity contribution in [2.45, 2.75) is 26.8 Å². The molecule has 0 spiro atoms. The summed E-state index contributed by atoms with van der Waals surface area (Å²) in [5.74, 6) is 0.628. The highest BCUT2D eigenvalue weighted by Gasteiger charge is 2.10. The third-order valence-electron chi connectivity index (χ3n) is 3.45. The zero-order valence-electron chi connectivity index (χ0n) is 13.0.